The summed E-state index contributed by atoms with van der Waals surface area (Å²) in [5.74, 6) is -2.47. The number of esters is 1. The summed E-state index contributed by atoms with van der Waals surface area (Å²) in [4.78, 5) is 17.1. The summed E-state index contributed by atoms with van der Waals surface area (Å²) in [7, 11) is 0. The van der Waals surface area contributed by atoms with E-state index in [1.165, 1.54) is 6.92 Å². The first kappa shape index (κ1) is 15.3. The van der Waals surface area contributed by atoms with Crippen molar-refractivity contribution in [3.05, 3.63) is 23.8 Å². The second-order valence-corrected chi connectivity index (χ2v) is 3.48. The molecular formula is C10H11F3N2O4. The van der Waals surface area contributed by atoms with Crippen LogP contribution in [0.25, 0.3) is 0 Å². The van der Waals surface area contributed by atoms with Crippen molar-refractivity contribution >= 4 is 5.97 Å². The molecule has 2 unspecified atom stereocenters. The van der Waals surface area contributed by atoms with Gasteiger partial charge in [-0.25, -0.2) is 14.8 Å². The molecule has 0 fully saturated rings. The van der Waals surface area contributed by atoms with Gasteiger partial charge in [0.25, 0.3) is 0 Å². The molecule has 0 aliphatic heterocycles. The Hall–Kier alpha value is -1.74. The van der Waals surface area contributed by atoms with Gasteiger partial charge in [0.15, 0.2) is 6.10 Å². The normalized spacial score (nSPS) is 14.8. The lowest BCUT2D eigenvalue weighted by molar-refractivity contribution is -0.159. The molecule has 0 saturated carbocycles. The largest absolute Gasteiger partial charge is 0.464 e. The van der Waals surface area contributed by atoms with Crippen LogP contribution in [0.5, 0.6) is 0 Å². The van der Waals surface area contributed by atoms with Gasteiger partial charge in [-0.15, -0.1) is 0 Å². The molecule has 106 valence electrons. The fourth-order valence-corrected chi connectivity index (χ4v) is 1.18. The zero-order valence-corrected chi connectivity index (χ0v) is 9.76. The predicted molar refractivity (Wildman–Crippen MR) is 54.6 cm³/mol. The van der Waals surface area contributed by atoms with E-state index in [1.807, 2.05) is 0 Å². The van der Waals surface area contributed by atoms with Crippen LogP contribution in [0, 0.1) is 0 Å². The number of aliphatic hydroxyl groups is 2. The SMILES string of the molecule is CCOC(=O)C(O)C(O)c1cnc(C(F)(F)F)nc1. The molecule has 0 spiro atoms. The van der Waals surface area contributed by atoms with E-state index in [1.54, 1.807) is 0 Å². The molecule has 2 atom stereocenters. The van der Waals surface area contributed by atoms with Gasteiger partial charge >= 0.3 is 12.1 Å². The maximum absolute atomic E-state index is 12.2. The number of rotatable bonds is 4. The molecule has 0 bridgehead atoms. The van der Waals surface area contributed by atoms with Crippen molar-refractivity contribution in [1.82, 2.24) is 9.97 Å². The van der Waals surface area contributed by atoms with Crippen molar-refractivity contribution in [3.63, 3.8) is 0 Å². The number of hydrogen-bond acceptors (Lipinski definition) is 6. The van der Waals surface area contributed by atoms with Crippen molar-refractivity contribution in [1.29, 1.82) is 0 Å². The maximum Gasteiger partial charge on any atom is 0.451 e. The maximum atomic E-state index is 12.2. The van der Waals surface area contributed by atoms with Crippen molar-refractivity contribution in [2.45, 2.75) is 25.3 Å². The highest BCUT2D eigenvalue weighted by Gasteiger charge is 2.35. The number of hydrogen-bond donors (Lipinski definition) is 2. The van der Waals surface area contributed by atoms with E-state index < -0.39 is 30.2 Å². The van der Waals surface area contributed by atoms with Gasteiger partial charge in [-0.2, -0.15) is 13.2 Å². The van der Waals surface area contributed by atoms with Crippen molar-refractivity contribution in [2.24, 2.45) is 0 Å². The van der Waals surface area contributed by atoms with Crippen LogP contribution in [0.2, 0.25) is 0 Å². The molecule has 2 N–H and O–H groups in total. The number of ether oxygens (including phenoxy) is 1. The summed E-state index contributed by atoms with van der Waals surface area (Å²) < 4.78 is 41.0. The Balaban J connectivity index is 2.83. The van der Waals surface area contributed by atoms with Gasteiger partial charge < -0.3 is 14.9 Å². The molecule has 1 rings (SSSR count). The summed E-state index contributed by atoms with van der Waals surface area (Å²) in [5, 5.41) is 19.0. The van der Waals surface area contributed by atoms with Crippen LogP contribution in [0.3, 0.4) is 0 Å². The molecule has 1 heterocycles. The van der Waals surface area contributed by atoms with E-state index in [9.17, 15) is 28.2 Å². The van der Waals surface area contributed by atoms with Crippen molar-refractivity contribution in [2.75, 3.05) is 6.61 Å². The summed E-state index contributed by atoms with van der Waals surface area (Å²) in [6.45, 7) is 1.49. The highest BCUT2D eigenvalue weighted by atomic mass is 19.4. The minimum atomic E-state index is -4.71. The van der Waals surface area contributed by atoms with Crippen LogP contribution in [0.4, 0.5) is 13.2 Å². The highest BCUT2D eigenvalue weighted by Crippen LogP contribution is 2.26. The number of alkyl halides is 3. The van der Waals surface area contributed by atoms with E-state index in [0.717, 1.165) is 0 Å². The summed E-state index contributed by atoms with van der Waals surface area (Å²) in [5.41, 5.74) is -0.228. The lowest BCUT2D eigenvalue weighted by Gasteiger charge is -2.16. The molecule has 0 aliphatic carbocycles. The molecule has 0 aliphatic rings. The Morgan fingerprint density at radius 2 is 1.89 bits per heavy atom. The number of nitrogens with zero attached hydrogens (tertiary/aromatic N) is 2. The van der Waals surface area contributed by atoms with Gasteiger partial charge in [-0.3, -0.25) is 0 Å². The van der Waals surface area contributed by atoms with E-state index in [2.05, 4.69) is 14.7 Å². The molecule has 1 aromatic rings. The Kier molecular flexibility index (Phi) is 4.78. The molecule has 0 saturated heterocycles. The highest BCUT2D eigenvalue weighted by molar-refractivity contribution is 5.75. The van der Waals surface area contributed by atoms with Gasteiger partial charge in [-0.05, 0) is 6.92 Å². The molecule has 0 radical (unpaired) electrons. The Morgan fingerprint density at radius 1 is 1.37 bits per heavy atom. The fourth-order valence-electron chi connectivity index (χ4n) is 1.18. The predicted octanol–water partition coefficient (Wildman–Crippen LogP) is 0.453. The van der Waals surface area contributed by atoms with Crippen molar-refractivity contribution in [3.8, 4) is 0 Å². The van der Waals surface area contributed by atoms with Gasteiger partial charge in [0, 0.05) is 18.0 Å². The molecule has 0 aromatic carbocycles. The molecule has 6 nitrogen and oxygen atoms in total. The van der Waals surface area contributed by atoms with Gasteiger partial charge in [0.05, 0.1) is 6.61 Å². The van der Waals surface area contributed by atoms with Gasteiger partial charge in [-0.1, -0.05) is 0 Å². The van der Waals surface area contributed by atoms with Crippen LogP contribution >= 0.6 is 0 Å². The van der Waals surface area contributed by atoms with E-state index >= 15 is 0 Å². The van der Waals surface area contributed by atoms with Crippen LogP contribution in [0.15, 0.2) is 12.4 Å². The van der Waals surface area contributed by atoms with Crippen LogP contribution in [-0.4, -0.2) is 38.9 Å². The third-order valence-electron chi connectivity index (χ3n) is 2.09. The Morgan fingerprint density at radius 3 is 2.32 bits per heavy atom. The van der Waals surface area contributed by atoms with Gasteiger partial charge in [0.1, 0.15) is 6.10 Å². The number of carbonyl (C=O) groups excluding carboxylic acids is 1. The first-order valence-electron chi connectivity index (χ1n) is 5.19. The fraction of sp³-hybridized carbons (Fsp3) is 0.500. The Bertz CT molecular complexity index is 435. The van der Waals surface area contributed by atoms with E-state index in [0.29, 0.717) is 12.4 Å². The molecular weight excluding hydrogens is 269 g/mol. The average Bonchev–Trinajstić information content (AvgIpc) is 2.36. The number of carbonyl (C=O) groups is 1. The van der Waals surface area contributed by atoms with Crippen molar-refractivity contribution < 1.29 is 32.9 Å². The van der Waals surface area contributed by atoms with Crippen LogP contribution < -0.4 is 0 Å². The second kappa shape index (κ2) is 5.93. The molecule has 19 heavy (non-hydrogen) atoms. The minimum absolute atomic E-state index is 0.00781. The summed E-state index contributed by atoms with van der Waals surface area (Å²) >= 11 is 0. The zero-order chi connectivity index (χ0) is 14.6. The minimum Gasteiger partial charge on any atom is -0.464 e. The number of aliphatic hydroxyl groups excluding tert-OH is 2. The lowest BCUT2D eigenvalue weighted by Crippen LogP contribution is -2.30. The standard InChI is InChI=1S/C10H11F3N2O4/c1-2-19-8(18)7(17)6(16)5-3-14-9(15-4-5)10(11,12)13/h3-4,6-7,16-17H,2H2,1H3. The molecule has 0 amide bonds. The van der Waals surface area contributed by atoms with Crippen LogP contribution in [0.1, 0.15) is 24.4 Å². The third kappa shape index (κ3) is 3.86. The first-order valence-corrected chi connectivity index (χ1v) is 5.19. The number of aromatic nitrogens is 2. The monoisotopic (exact) mass is 280 g/mol. The molecule has 9 heteroatoms. The smallest absolute Gasteiger partial charge is 0.451 e. The van der Waals surface area contributed by atoms with Crippen LogP contribution in [-0.2, 0) is 15.7 Å². The molecule has 1 aromatic heterocycles. The lowest BCUT2D eigenvalue weighted by atomic mass is 10.1. The Labute approximate surface area is 105 Å². The second-order valence-electron chi connectivity index (χ2n) is 3.48. The summed E-state index contributed by atoms with van der Waals surface area (Å²) in [6.07, 6.45) is -7.02. The quantitative estimate of drug-likeness (QED) is 0.778. The topological polar surface area (TPSA) is 92.5 Å². The zero-order valence-electron chi connectivity index (χ0n) is 9.76. The van der Waals surface area contributed by atoms with Gasteiger partial charge in [0.2, 0.25) is 5.82 Å². The number of halogens is 3. The van der Waals surface area contributed by atoms with E-state index in [-0.39, 0.29) is 12.2 Å². The van der Waals surface area contributed by atoms with E-state index in [4.69, 9.17) is 0 Å². The third-order valence-corrected chi connectivity index (χ3v) is 2.09. The summed E-state index contributed by atoms with van der Waals surface area (Å²) in [6, 6.07) is 0. The first-order chi connectivity index (χ1) is 8.77. The average molecular weight is 280 g/mol.